The first kappa shape index (κ1) is 12.4. The number of nitrogens with zero attached hydrogens (tertiary/aromatic N) is 3. The maximum absolute atomic E-state index is 4.84. The first-order chi connectivity index (χ1) is 10.8. The first-order valence-electron chi connectivity index (χ1n) is 7.98. The Morgan fingerprint density at radius 2 is 2.09 bits per heavy atom. The average molecular weight is 290 g/mol. The first-order valence-corrected chi connectivity index (χ1v) is 7.98. The van der Waals surface area contributed by atoms with Crippen LogP contribution in [-0.2, 0) is 12.0 Å². The van der Waals surface area contributed by atoms with E-state index in [1.54, 1.807) is 0 Å². The summed E-state index contributed by atoms with van der Waals surface area (Å²) < 4.78 is 2.21. The van der Waals surface area contributed by atoms with E-state index in [1.807, 2.05) is 18.3 Å². The van der Waals surface area contributed by atoms with Crippen LogP contribution >= 0.6 is 0 Å². The second-order valence-corrected chi connectivity index (χ2v) is 6.51. The Hall–Kier alpha value is -2.20. The predicted molar refractivity (Wildman–Crippen MR) is 86.7 cm³/mol. The lowest BCUT2D eigenvalue weighted by molar-refractivity contribution is 0.467. The number of aromatic nitrogens is 3. The van der Waals surface area contributed by atoms with Crippen LogP contribution in [0.25, 0.3) is 22.2 Å². The number of hydrogen-bond acceptors (Lipinski definition) is 3. The summed E-state index contributed by atoms with van der Waals surface area (Å²) in [4.78, 5) is 4.57. The molecule has 5 rings (SSSR count). The Balaban J connectivity index is 1.61. The van der Waals surface area contributed by atoms with Gasteiger partial charge in [-0.25, -0.2) is 0 Å². The molecule has 0 aliphatic carbocycles. The molecule has 4 nitrogen and oxygen atoms in total. The second kappa shape index (κ2) is 4.40. The van der Waals surface area contributed by atoms with Crippen molar-refractivity contribution in [3.8, 4) is 11.3 Å². The minimum atomic E-state index is 0.315. The van der Waals surface area contributed by atoms with Gasteiger partial charge in [-0.05, 0) is 37.6 Å². The fraction of sp³-hybridized carbons (Fsp3) is 0.333. The monoisotopic (exact) mass is 290 g/mol. The van der Waals surface area contributed by atoms with Crippen LogP contribution in [0.3, 0.4) is 0 Å². The number of nitrogens with one attached hydrogen (secondary N) is 1. The van der Waals surface area contributed by atoms with Crippen LogP contribution in [0.5, 0.6) is 0 Å². The van der Waals surface area contributed by atoms with Gasteiger partial charge in [-0.2, -0.15) is 5.10 Å². The zero-order chi connectivity index (χ0) is 14.6. The summed E-state index contributed by atoms with van der Waals surface area (Å²) in [6.07, 6.45) is 4.40. The summed E-state index contributed by atoms with van der Waals surface area (Å²) in [5.41, 5.74) is 4.92. The minimum absolute atomic E-state index is 0.315. The molecule has 4 heterocycles. The van der Waals surface area contributed by atoms with Gasteiger partial charge in [-0.15, -0.1) is 0 Å². The number of rotatable bonds is 1. The largest absolute Gasteiger partial charge is 0.316 e. The normalized spacial score (nSPS) is 23.5. The van der Waals surface area contributed by atoms with E-state index in [2.05, 4.69) is 39.2 Å². The zero-order valence-electron chi connectivity index (χ0n) is 12.4. The van der Waals surface area contributed by atoms with Crippen molar-refractivity contribution in [1.82, 2.24) is 20.1 Å². The van der Waals surface area contributed by atoms with Crippen molar-refractivity contribution in [2.24, 2.45) is 0 Å². The van der Waals surface area contributed by atoms with E-state index in [1.165, 1.54) is 23.9 Å². The highest BCUT2D eigenvalue weighted by molar-refractivity contribution is 5.82. The Bertz CT molecular complexity index is 858. The van der Waals surface area contributed by atoms with Crippen LogP contribution in [0.2, 0.25) is 0 Å². The Labute approximate surface area is 129 Å². The standard InChI is InChI=1S/C18H18N4/c1-2-4-15-13(3-1)9-14(11-20-15)16-10-17-18(5-7-19-12-18)6-8-22(17)21-16/h1-4,9-11,19H,5-8,12H2. The quantitative estimate of drug-likeness (QED) is 0.749. The summed E-state index contributed by atoms with van der Waals surface area (Å²) in [7, 11) is 0. The van der Waals surface area contributed by atoms with Crippen molar-refractivity contribution < 1.29 is 0 Å². The molecule has 1 aromatic carbocycles. The van der Waals surface area contributed by atoms with Gasteiger partial charge in [0.1, 0.15) is 0 Å². The molecule has 1 fully saturated rings. The molecule has 1 N–H and O–H groups in total. The molecular weight excluding hydrogens is 272 g/mol. The number of benzene rings is 1. The van der Waals surface area contributed by atoms with E-state index in [4.69, 9.17) is 5.10 Å². The van der Waals surface area contributed by atoms with Crippen LogP contribution in [-0.4, -0.2) is 27.9 Å². The van der Waals surface area contributed by atoms with E-state index in [9.17, 15) is 0 Å². The summed E-state index contributed by atoms with van der Waals surface area (Å²) in [6, 6.07) is 12.7. The number of para-hydroxylation sites is 1. The second-order valence-electron chi connectivity index (χ2n) is 6.51. The van der Waals surface area contributed by atoms with Gasteiger partial charge < -0.3 is 5.32 Å². The number of aryl methyl sites for hydroxylation is 1. The van der Waals surface area contributed by atoms with Gasteiger partial charge in [-0.1, -0.05) is 18.2 Å². The molecule has 0 amide bonds. The molecule has 2 aliphatic heterocycles. The van der Waals surface area contributed by atoms with Crippen LogP contribution in [0.1, 0.15) is 18.5 Å². The fourth-order valence-electron chi connectivity index (χ4n) is 3.99. The van der Waals surface area contributed by atoms with Gasteiger partial charge in [0.25, 0.3) is 0 Å². The Morgan fingerprint density at radius 1 is 1.14 bits per heavy atom. The van der Waals surface area contributed by atoms with Crippen molar-refractivity contribution >= 4 is 10.9 Å². The van der Waals surface area contributed by atoms with E-state index in [-0.39, 0.29) is 0 Å². The topological polar surface area (TPSA) is 42.7 Å². The highest BCUT2D eigenvalue weighted by Gasteiger charge is 2.42. The lowest BCUT2D eigenvalue weighted by Gasteiger charge is -2.20. The zero-order valence-corrected chi connectivity index (χ0v) is 12.4. The summed E-state index contributed by atoms with van der Waals surface area (Å²) in [5, 5.41) is 9.52. The number of hydrogen-bond donors (Lipinski definition) is 1. The molecule has 1 atom stereocenters. The number of pyridine rings is 1. The van der Waals surface area contributed by atoms with Gasteiger partial charge in [0, 0.05) is 41.3 Å². The van der Waals surface area contributed by atoms with Crippen LogP contribution in [0.4, 0.5) is 0 Å². The van der Waals surface area contributed by atoms with Gasteiger partial charge in [0.15, 0.2) is 0 Å². The number of fused-ring (bicyclic) bond motifs is 3. The molecule has 2 aliphatic rings. The maximum atomic E-state index is 4.84. The predicted octanol–water partition coefficient (Wildman–Crippen LogP) is 2.73. The van der Waals surface area contributed by atoms with E-state index >= 15 is 0 Å². The van der Waals surface area contributed by atoms with Crippen molar-refractivity contribution in [2.75, 3.05) is 13.1 Å². The molecule has 1 unspecified atom stereocenters. The van der Waals surface area contributed by atoms with Gasteiger partial charge in [0.2, 0.25) is 0 Å². The molecule has 4 heteroatoms. The third-order valence-electron chi connectivity index (χ3n) is 5.26. The van der Waals surface area contributed by atoms with E-state index in [0.29, 0.717) is 5.41 Å². The highest BCUT2D eigenvalue weighted by atomic mass is 15.3. The van der Waals surface area contributed by atoms with Crippen LogP contribution in [0, 0.1) is 0 Å². The molecule has 0 radical (unpaired) electrons. The Morgan fingerprint density at radius 3 is 3.00 bits per heavy atom. The van der Waals surface area contributed by atoms with Crippen molar-refractivity contribution in [1.29, 1.82) is 0 Å². The van der Waals surface area contributed by atoms with E-state index < -0.39 is 0 Å². The summed E-state index contributed by atoms with van der Waals surface area (Å²) in [5.74, 6) is 0. The lowest BCUT2D eigenvalue weighted by atomic mass is 9.82. The summed E-state index contributed by atoms with van der Waals surface area (Å²) in [6.45, 7) is 3.25. The summed E-state index contributed by atoms with van der Waals surface area (Å²) >= 11 is 0. The molecule has 22 heavy (non-hydrogen) atoms. The molecular formula is C18H18N4. The van der Waals surface area contributed by atoms with Crippen LogP contribution < -0.4 is 5.32 Å². The molecule has 1 saturated heterocycles. The van der Waals surface area contributed by atoms with Crippen LogP contribution in [0.15, 0.2) is 42.6 Å². The fourth-order valence-corrected chi connectivity index (χ4v) is 3.99. The molecule has 3 aromatic rings. The van der Waals surface area contributed by atoms with E-state index in [0.717, 1.165) is 36.4 Å². The average Bonchev–Trinajstić information content (AvgIpc) is 3.26. The smallest absolute Gasteiger partial charge is 0.0941 e. The third kappa shape index (κ3) is 1.67. The maximum Gasteiger partial charge on any atom is 0.0941 e. The highest BCUT2D eigenvalue weighted by Crippen LogP contribution is 2.41. The molecule has 1 spiro atoms. The lowest BCUT2D eigenvalue weighted by Crippen LogP contribution is -2.25. The van der Waals surface area contributed by atoms with Gasteiger partial charge in [0.05, 0.1) is 11.2 Å². The minimum Gasteiger partial charge on any atom is -0.316 e. The van der Waals surface area contributed by atoms with Crippen molar-refractivity contribution in [3.05, 3.63) is 48.3 Å². The van der Waals surface area contributed by atoms with Gasteiger partial charge >= 0.3 is 0 Å². The molecule has 2 aromatic heterocycles. The SMILES string of the molecule is c1ccc2ncc(-c3cc4n(n3)CCC43CCNC3)cc2c1. The molecule has 0 bridgehead atoms. The van der Waals surface area contributed by atoms with Crippen molar-refractivity contribution in [2.45, 2.75) is 24.8 Å². The third-order valence-corrected chi connectivity index (χ3v) is 5.26. The molecule has 0 saturated carbocycles. The van der Waals surface area contributed by atoms with Crippen molar-refractivity contribution in [3.63, 3.8) is 0 Å². The Kier molecular flexibility index (Phi) is 2.47. The molecule has 110 valence electrons. The van der Waals surface area contributed by atoms with Gasteiger partial charge in [-0.3, -0.25) is 9.67 Å².